The van der Waals surface area contributed by atoms with Crippen molar-refractivity contribution in [2.24, 2.45) is 17.8 Å². The molecule has 4 rings (SSSR count). The van der Waals surface area contributed by atoms with E-state index in [0.717, 1.165) is 29.6 Å². The van der Waals surface area contributed by atoms with E-state index in [1.54, 1.807) is 0 Å². The molecule has 4 heteroatoms. The van der Waals surface area contributed by atoms with Crippen LogP contribution in [-0.4, -0.2) is 24.2 Å². The molecule has 25 heavy (non-hydrogen) atoms. The number of hydrogen-bond donors (Lipinski definition) is 1. The Morgan fingerprint density at radius 1 is 1.36 bits per heavy atom. The van der Waals surface area contributed by atoms with Crippen molar-refractivity contribution in [3.63, 3.8) is 0 Å². The van der Waals surface area contributed by atoms with Gasteiger partial charge in [0.25, 0.3) is 5.91 Å². The van der Waals surface area contributed by atoms with Crippen LogP contribution in [0, 0.1) is 17.8 Å². The molecule has 4 unspecified atom stereocenters. The third kappa shape index (κ3) is 3.36. The number of carbonyl (C=O) groups is 1. The van der Waals surface area contributed by atoms with Gasteiger partial charge in [-0.25, -0.2) is 0 Å². The Bertz CT molecular complexity index is 669. The third-order valence-corrected chi connectivity index (χ3v) is 6.24. The summed E-state index contributed by atoms with van der Waals surface area (Å²) in [6, 6.07) is 6.15. The van der Waals surface area contributed by atoms with E-state index >= 15 is 0 Å². The minimum Gasteiger partial charge on any atom is -0.483 e. The molecule has 1 aromatic rings. The molecule has 4 nitrogen and oxygen atoms in total. The van der Waals surface area contributed by atoms with E-state index < -0.39 is 0 Å². The summed E-state index contributed by atoms with van der Waals surface area (Å²) in [5.74, 6) is 3.79. The first-order valence-electron chi connectivity index (χ1n) is 9.64. The van der Waals surface area contributed by atoms with E-state index in [-0.39, 0.29) is 24.2 Å². The number of para-hydroxylation sites is 1. The van der Waals surface area contributed by atoms with Crippen molar-refractivity contribution in [3.8, 4) is 11.5 Å². The fourth-order valence-corrected chi connectivity index (χ4v) is 5.15. The molecule has 1 heterocycles. The summed E-state index contributed by atoms with van der Waals surface area (Å²) in [5.41, 5.74) is 0.943. The average Bonchev–Trinajstić information content (AvgIpc) is 3.24. The number of carbonyl (C=O) groups excluding carboxylic acids is 1. The van der Waals surface area contributed by atoms with Gasteiger partial charge in [-0.05, 0) is 63.9 Å². The first-order valence-corrected chi connectivity index (χ1v) is 9.64. The van der Waals surface area contributed by atoms with Crippen LogP contribution < -0.4 is 14.8 Å². The lowest BCUT2D eigenvalue weighted by atomic mass is 9.84. The zero-order valence-electron chi connectivity index (χ0n) is 15.5. The molecule has 136 valence electrons. The second-order valence-corrected chi connectivity index (χ2v) is 8.77. The number of rotatable bonds is 5. The van der Waals surface area contributed by atoms with Crippen LogP contribution in [0.15, 0.2) is 18.2 Å². The van der Waals surface area contributed by atoms with Crippen molar-refractivity contribution in [2.45, 2.75) is 64.5 Å². The lowest BCUT2D eigenvalue weighted by Crippen LogP contribution is -2.42. The lowest BCUT2D eigenvalue weighted by molar-refractivity contribution is -0.124. The summed E-state index contributed by atoms with van der Waals surface area (Å²) >= 11 is 0. The summed E-state index contributed by atoms with van der Waals surface area (Å²) in [6.45, 7) is 6.33. The zero-order chi connectivity index (χ0) is 17.6. The highest BCUT2D eigenvalue weighted by molar-refractivity contribution is 5.78. The topological polar surface area (TPSA) is 47.6 Å². The number of ether oxygens (including phenoxy) is 2. The van der Waals surface area contributed by atoms with Gasteiger partial charge in [0.15, 0.2) is 18.1 Å². The van der Waals surface area contributed by atoms with Crippen molar-refractivity contribution in [1.82, 2.24) is 5.32 Å². The highest BCUT2D eigenvalue weighted by atomic mass is 16.5. The van der Waals surface area contributed by atoms with Gasteiger partial charge >= 0.3 is 0 Å². The first-order chi connectivity index (χ1) is 11.9. The molecule has 4 atom stereocenters. The van der Waals surface area contributed by atoms with Gasteiger partial charge in [-0.15, -0.1) is 0 Å². The number of amides is 1. The lowest BCUT2D eigenvalue weighted by Gasteiger charge is -2.28. The zero-order valence-corrected chi connectivity index (χ0v) is 15.5. The predicted octanol–water partition coefficient (Wildman–Crippen LogP) is 3.72. The van der Waals surface area contributed by atoms with Crippen molar-refractivity contribution in [3.05, 3.63) is 23.8 Å². The molecule has 1 N–H and O–H groups in total. The SMILES string of the molecule is CC(NC(=O)COc1cccc2c1OC(C)(C)C2)C1CC2CCC1C2. The standard InChI is InChI=1S/C21H29NO3/c1-13(17-10-14-7-8-15(17)9-14)22-19(23)12-24-18-6-4-5-16-11-21(2,3)25-20(16)18/h4-6,13-15,17H,7-12H2,1-3H3,(H,22,23). The van der Waals surface area contributed by atoms with Gasteiger partial charge in [-0.3, -0.25) is 4.79 Å². The smallest absolute Gasteiger partial charge is 0.258 e. The van der Waals surface area contributed by atoms with E-state index in [9.17, 15) is 4.79 Å². The minimum absolute atomic E-state index is 0.0369. The molecule has 0 saturated heterocycles. The fraction of sp³-hybridized carbons (Fsp3) is 0.667. The molecule has 2 saturated carbocycles. The first kappa shape index (κ1) is 16.7. The molecule has 2 aliphatic carbocycles. The van der Waals surface area contributed by atoms with Crippen LogP contribution in [0.2, 0.25) is 0 Å². The van der Waals surface area contributed by atoms with Crippen LogP contribution in [0.1, 0.15) is 52.0 Å². The highest BCUT2D eigenvalue weighted by Crippen LogP contribution is 2.49. The molecule has 2 fully saturated rings. The Morgan fingerprint density at radius 3 is 2.92 bits per heavy atom. The predicted molar refractivity (Wildman–Crippen MR) is 96.9 cm³/mol. The van der Waals surface area contributed by atoms with Crippen LogP contribution in [0.4, 0.5) is 0 Å². The second-order valence-electron chi connectivity index (χ2n) is 8.77. The van der Waals surface area contributed by atoms with E-state index in [1.807, 2.05) is 12.1 Å². The van der Waals surface area contributed by atoms with Crippen LogP contribution in [-0.2, 0) is 11.2 Å². The van der Waals surface area contributed by atoms with Crippen molar-refractivity contribution >= 4 is 5.91 Å². The molecule has 1 aromatic carbocycles. The maximum absolute atomic E-state index is 12.3. The Morgan fingerprint density at radius 2 is 2.20 bits per heavy atom. The summed E-state index contributed by atoms with van der Waals surface area (Å²) < 4.78 is 11.8. The highest BCUT2D eigenvalue weighted by Gasteiger charge is 2.42. The van der Waals surface area contributed by atoms with Crippen molar-refractivity contribution < 1.29 is 14.3 Å². The molecular weight excluding hydrogens is 314 g/mol. The molecule has 1 amide bonds. The summed E-state index contributed by atoms with van der Waals surface area (Å²) in [7, 11) is 0. The molecule has 0 aromatic heterocycles. The molecular formula is C21H29NO3. The molecule has 0 radical (unpaired) electrons. The number of fused-ring (bicyclic) bond motifs is 3. The Hall–Kier alpha value is -1.71. The molecule has 0 spiro atoms. The van der Waals surface area contributed by atoms with Gasteiger partial charge < -0.3 is 14.8 Å². The quantitative estimate of drug-likeness (QED) is 0.886. The van der Waals surface area contributed by atoms with Crippen LogP contribution in [0.3, 0.4) is 0 Å². The van der Waals surface area contributed by atoms with E-state index in [0.29, 0.717) is 11.7 Å². The largest absolute Gasteiger partial charge is 0.483 e. The van der Waals surface area contributed by atoms with Crippen molar-refractivity contribution in [1.29, 1.82) is 0 Å². The monoisotopic (exact) mass is 343 g/mol. The number of nitrogens with one attached hydrogen (secondary N) is 1. The minimum atomic E-state index is -0.208. The number of hydrogen-bond acceptors (Lipinski definition) is 3. The van der Waals surface area contributed by atoms with Crippen LogP contribution in [0.25, 0.3) is 0 Å². The van der Waals surface area contributed by atoms with Gasteiger partial charge in [0, 0.05) is 18.0 Å². The molecule has 1 aliphatic heterocycles. The van der Waals surface area contributed by atoms with Gasteiger partial charge in [0.2, 0.25) is 0 Å². The van der Waals surface area contributed by atoms with Crippen LogP contribution in [0.5, 0.6) is 11.5 Å². The summed E-state index contributed by atoms with van der Waals surface area (Å²) in [5, 5.41) is 3.16. The maximum atomic E-state index is 12.3. The van der Waals surface area contributed by atoms with E-state index in [2.05, 4.69) is 32.2 Å². The van der Waals surface area contributed by atoms with E-state index in [1.165, 1.54) is 25.7 Å². The van der Waals surface area contributed by atoms with Gasteiger partial charge in [0.1, 0.15) is 5.60 Å². The Kier molecular flexibility index (Phi) is 4.17. The maximum Gasteiger partial charge on any atom is 0.258 e. The Balaban J connectivity index is 1.32. The normalized spacial score (nSPS) is 29.8. The summed E-state index contributed by atoms with van der Waals surface area (Å²) in [6.07, 6.45) is 6.25. The van der Waals surface area contributed by atoms with Gasteiger partial charge in [-0.2, -0.15) is 0 Å². The summed E-state index contributed by atoms with van der Waals surface area (Å²) in [4.78, 5) is 12.3. The number of benzene rings is 1. The molecule has 2 bridgehead atoms. The van der Waals surface area contributed by atoms with Crippen molar-refractivity contribution in [2.75, 3.05) is 6.61 Å². The Labute approximate surface area is 150 Å². The van der Waals surface area contributed by atoms with Gasteiger partial charge in [-0.1, -0.05) is 18.6 Å². The average molecular weight is 343 g/mol. The van der Waals surface area contributed by atoms with Gasteiger partial charge in [0.05, 0.1) is 0 Å². The second kappa shape index (κ2) is 6.22. The van der Waals surface area contributed by atoms with E-state index in [4.69, 9.17) is 9.47 Å². The third-order valence-electron chi connectivity index (χ3n) is 6.24. The van der Waals surface area contributed by atoms with Crippen LogP contribution >= 0.6 is 0 Å². The molecule has 3 aliphatic rings. The fourth-order valence-electron chi connectivity index (χ4n) is 5.15.